The van der Waals surface area contributed by atoms with Crippen LogP contribution in [0, 0.1) is 0 Å². The Kier molecular flexibility index (Phi) is 60.8. The summed E-state index contributed by atoms with van der Waals surface area (Å²) in [5.74, 6) is -1.01. The molecule has 0 aromatic heterocycles. The Labute approximate surface area is 475 Å². The zero-order chi connectivity index (χ0) is 55.7. The minimum absolute atomic E-state index is 0.114. The molecule has 0 bridgehead atoms. The molecule has 6 heteroatoms. The Morgan fingerprint density at radius 1 is 0.273 bits per heavy atom. The van der Waals surface area contributed by atoms with Gasteiger partial charge in [0.05, 0.1) is 0 Å². The maximum absolute atomic E-state index is 12.9. The molecule has 0 aliphatic carbocycles. The van der Waals surface area contributed by atoms with Gasteiger partial charge < -0.3 is 14.2 Å². The van der Waals surface area contributed by atoms with Crippen LogP contribution in [-0.2, 0) is 28.6 Å². The Balaban J connectivity index is 4.41. The van der Waals surface area contributed by atoms with E-state index in [2.05, 4.69) is 136 Å². The molecule has 0 aliphatic heterocycles. The van der Waals surface area contributed by atoms with Crippen molar-refractivity contribution in [2.24, 2.45) is 0 Å². The van der Waals surface area contributed by atoms with Gasteiger partial charge in [-0.3, -0.25) is 14.4 Å². The summed E-state index contributed by atoms with van der Waals surface area (Å²) in [6, 6.07) is 0. The topological polar surface area (TPSA) is 78.9 Å². The van der Waals surface area contributed by atoms with Gasteiger partial charge in [-0.2, -0.15) is 0 Å². The molecule has 0 aromatic carbocycles. The Morgan fingerprint density at radius 2 is 0.532 bits per heavy atom. The fourth-order valence-corrected chi connectivity index (χ4v) is 8.76. The molecule has 0 fully saturated rings. The van der Waals surface area contributed by atoms with Gasteiger partial charge in [-0.05, 0) is 96.3 Å². The van der Waals surface area contributed by atoms with Crippen LogP contribution in [0.1, 0.15) is 290 Å². The summed E-state index contributed by atoms with van der Waals surface area (Å²) in [6.07, 6.45) is 89.4. The van der Waals surface area contributed by atoms with Crippen LogP contribution in [0.3, 0.4) is 0 Å². The number of hydrogen-bond donors (Lipinski definition) is 0. The first-order valence-electron chi connectivity index (χ1n) is 32.0. The molecule has 438 valence electrons. The lowest BCUT2D eigenvalue weighted by molar-refractivity contribution is -0.166. The van der Waals surface area contributed by atoms with Crippen LogP contribution in [0.15, 0.2) is 122 Å². The van der Waals surface area contributed by atoms with Crippen molar-refractivity contribution in [3.05, 3.63) is 122 Å². The average molecular weight is 1070 g/mol. The number of hydrogen-bond acceptors (Lipinski definition) is 6. The Morgan fingerprint density at radius 3 is 0.870 bits per heavy atom. The minimum atomic E-state index is -0.821. The van der Waals surface area contributed by atoms with Crippen molar-refractivity contribution in [1.82, 2.24) is 0 Å². The predicted molar refractivity (Wildman–Crippen MR) is 334 cm³/mol. The quantitative estimate of drug-likeness (QED) is 0.0261. The largest absolute Gasteiger partial charge is 0.462 e. The lowest BCUT2D eigenvalue weighted by atomic mass is 10.0. The molecule has 0 saturated carbocycles. The van der Waals surface area contributed by atoms with E-state index >= 15 is 0 Å². The van der Waals surface area contributed by atoms with Gasteiger partial charge in [0.15, 0.2) is 6.10 Å². The van der Waals surface area contributed by atoms with E-state index in [9.17, 15) is 14.4 Å². The molecule has 1 atom stereocenters. The first-order valence-corrected chi connectivity index (χ1v) is 32.0. The zero-order valence-electron chi connectivity index (χ0n) is 50.2. The van der Waals surface area contributed by atoms with Gasteiger partial charge in [-0.25, -0.2) is 0 Å². The van der Waals surface area contributed by atoms with Crippen molar-refractivity contribution >= 4 is 17.9 Å². The normalized spacial score (nSPS) is 12.9. The smallest absolute Gasteiger partial charge is 0.306 e. The fourth-order valence-electron chi connectivity index (χ4n) is 8.76. The van der Waals surface area contributed by atoms with E-state index in [1.165, 1.54) is 128 Å². The van der Waals surface area contributed by atoms with Gasteiger partial charge in [0, 0.05) is 19.3 Å². The van der Waals surface area contributed by atoms with Crippen molar-refractivity contribution in [1.29, 1.82) is 0 Å². The number of carbonyl (C=O) groups excluding carboxylic acids is 3. The van der Waals surface area contributed by atoms with Crippen LogP contribution in [0.2, 0.25) is 0 Å². The summed E-state index contributed by atoms with van der Waals surface area (Å²) in [5, 5.41) is 0. The van der Waals surface area contributed by atoms with Crippen molar-refractivity contribution in [2.75, 3.05) is 13.2 Å². The summed E-state index contributed by atoms with van der Waals surface area (Å²) in [7, 11) is 0. The third-order valence-corrected chi connectivity index (χ3v) is 13.5. The van der Waals surface area contributed by atoms with Gasteiger partial charge >= 0.3 is 17.9 Å². The summed E-state index contributed by atoms with van der Waals surface area (Å²) in [6.45, 7) is 6.35. The molecular weight excluding hydrogens is 949 g/mol. The first kappa shape index (κ1) is 72.8. The molecule has 0 aromatic rings. The average Bonchev–Trinajstić information content (AvgIpc) is 3.43. The van der Waals surface area contributed by atoms with E-state index in [1.807, 2.05) is 6.08 Å². The van der Waals surface area contributed by atoms with Crippen LogP contribution >= 0.6 is 0 Å². The van der Waals surface area contributed by atoms with Gasteiger partial charge in [-0.1, -0.05) is 296 Å². The molecule has 6 nitrogen and oxygen atoms in total. The third-order valence-electron chi connectivity index (χ3n) is 13.5. The number of esters is 3. The molecule has 0 amide bonds. The number of rotatable bonds is 57. The van der Waals surface area contributed by atoms with Crippen molar-refractivity contribution in [3.63, 3.8) is 0 Å². The molecule has 0 spiro atoms. The van der Waals surface area contributed by atoms with Crippen LogP contribution in [0.4, 0.5) is 0 Å². The highest BCUT2D eigenvalue weighted by Gasteiger charge is 2.19. The summed E-state index contributed by atoms with van der Waals surface area (Å²) in [4.78, 5) is 38.3. The van der Waals surface area contributed by atoms with Crippen LogP contribution in [-0.4, -0.2) is 37.2 Å². The van der Waals surface area contributed by atoms with Crippen molar-refractivity contribution in [2.45, 2.75) is 297 Å². The number of unbranched alkanes of at least 4 members (excludes halogenated alkanes) is 26. The molecule has 0 radical (unpaired) electrons. The van der Waals surface area contributed by atoms with E-state index in [4.69, 9.17) is 14.2 Å². The van der Waals surface area contributed by atoms with Crippen LogP contribution in [0.5, 0.6) is 0 Å². The van der Waals surface area contributed by atoms with Crippen LogP contribution < -0.4 is 0 Å². The van der Waals surface area contributed by atoms with E-state index < -0.39 is 6.10 Å². The van der Waals surface area contributed by atoms with Gasteiger partial charge in [0.1, 0.15) is 13.2 Å². The second-order valence-electron chi connectivity index (χ2n) is 20.9. The maximum Gasteiger partial charge on any atom is 0.306 e. The molecule has 0 saturated heterocycles. The summed E-state index contributed by atoms with van der Waals surface area (Å²) >= 11 is 0. The molecule has 77 heavy (non-hydrogen) atoms. The van der Waals surface area contributed by atoms with E-state index in [0.717, 1.165) is 116 Å². The molecular formula is C71H118O6. The predicted octanol–water partition coefficient (Wildman–Crippen LogP) is 22.0. The zero-order valence-corrected chi connectivity index (χ0v) is 50.2. The first-order chi connectivity index (χ1) is 38.0. The van der Waals surface area contributed by atoms with Crippen LogP contribution in [0.25, 0.3) is 0 Å². The van der Waals surface area contributed by atoms with E-state index in [-0.39, 0.29) is 37.5 Å². The standard InChI is InChI=1S/C71H118O6/c1-4-7-10-13-16-19-22-25-27-29-31-33-35-37-39-41-43-46-49-52-55-58-61-64-70(73)76-67-68(66-75-69(72)63-60-57-54-51-48-45-24-21-18-15-12-9-6-3)77-71(74)65-62-59-56-53-50-47-44-42-40-38-36-34-32-30-28-26-23-20-17-14-11-8-5-2/h7,9-10,12,16,18-19,21,25,27,31,33,37,39,43,45-46,48,54,57,68H,4-6,8,11,13-15,17,20,22-24,26,28-30,32,34-36,38,40-42,44,47,49-53,55-56,58-67H2,1-3H3/b10-7-,12-9-,19-16-,21-18-,27-25-,33-31-,39-37-,46-43-,48-45-,57-54-. The summed E-state index contributed by atoms with van der Waals surface area (Å²) < 4.78 is 16.8. The van der Waals surface area contributed by atoms with E-state index in [1.54, 1.807) is 0 Å². The highest BCUT2D eigenvalue weighted by molar-refractivity contribution is 5.71. The SMILES string of the molecule is CC/C=C\C/C=C\C/C=C\C/C=C\C/C=C\C/C=C\CCCCCCC(=O)OCC(COC(=O)CC/C=C\C/C=C\C/C=C\C/C=C\CC)OC(=O)CCCCCCCCCCCCCCCCCCCCCCCCC. The van der Waals surface area contributed by atoms with Gasteiger partial charge in [0.25, 0.3) is 0 Å². The minimum Gasteiger partial charge on any atom is -0.462 e. The molecule has 0 heterocycles. The summed E-state index contributed by atoms with van der Waals surface area (Å²) in [5.41, 5.74) is 0. The lowest BCUT2D eigenvalue weighted by Gasteiger charge is -2.18. The van der Waals surface area contributed by atoms with Gasteiger partial charge in [-0.15, -0.1) is 0 Å². The molecule has 0 aliphatic rings. The molecule has 1 unspecified atom stereocenters. The molecule has 0 N–H and O–H groups in total. The second-order valence-corrected chi connectivity index (χ2v) is 20.9. The fraction of sp³-hybridized carbons (Fsp3) is 0.676. The Hall–Kier alpha value is -4.19. The number of allylic oxidation sites excluding steroid dienone is 20. The highest BCUT2D eigenvalue weighted by Crippen LogP contribution is 2.17. The maximum atomic E-state index is 12.9. The van der Waals surface area contributed by atoms with Crippen molar-refractivity contribution in [3.8, 4) is 0 Å². The highest BCUT2D eigenvalue weighted by atomic mass is 16.6. The second kappa shape index (κ2) is 64.3. The number of ether oxygens (including phenoxy) is 3. The van der Waals surface area contributed by atoms with Crippen molar-refractivity contribution < 1.29 is 28.6 Å². The molecule has 0 rings (SSSR count). The lowest BCUT2D eigenvalue weighted by Crippen LogP contribution is -2.30. The number of carbonyl (C=O) groups is 3. The Bertz CT molecular complexity index is 1600. The third kappa shape index (κ3) is 62.5. The van der Waals surface area contributed by atoms with E-state index in [0.29, 0.717) is 19.3 Å². The van der Waals surface area contributed by atoms with Gasteiger partial charge in [0.2, 0.25) is 0 Å². The monoisotopic (exact) mass is 1070 g/mol.